The van der Waals surface area contributed by atoms with Crippen molar-refractivity contribution in [3.63, 3.8) is 0 Å². The van der Waals surface area contributed by atoms with Crippen LogP contribution in [0.15, 0.2) is 0 Å². The fraction of sp³-hybridized carbons (Fsp3) is 1.00. The molecule has 134 valence electrons. The molecule has 7 nitrogen and oxygen atoms in total. The number of hydrogen-bond donors (Lipinski definition) is 0. The molecule has 0 bridgehead atoms. The highest BCUT2D eigenvalue weighted by Gasteiger charge is 2.43. The molecule has 1 atom stereocenters. The molecule has 0 spiro atoms. The second kappa shape index (κ2) is 9.80. The first-order valence-corrected chi connectivity index (χ1v) is 10.9. The predicted octanol–water partition coefficient (Wildman–Crippen LogP) is 5.57. The van der Waals surface area contributed by atoms with Crippen molar-refractivity contribution in [2.75, 3.05) is 0 Å². The molecule has 0 aromatic carbocycles. The quantitative estimate of drug-likeness (QED) is 0.341. The number of rotatable bonds is 11. The minimum atomic E-state index is -4.11. The van der Waals surface area contributed by atoms with E-state index in [9.17, 15) is 9.13 Å². The van der Waals surface area contributed by atoms with Gasteiger partial charge in [-0.05, 0) is 41.5 Å². The molecule has 1 unspecified atom stereocenters. The third-order valence-electron chi connectivity index (χ3n) is 1.55. The second-order valence-corrected chi connectivity index (χ2v) is 10.5. The molecule has 10 heteroatoms. The number of hydrogen-bond acceptors (Lipinski definition) is 8. The van der Waals surface area contributed by atoms with Gasteiger partial charge in [-0.25, -0.2) is 13.1 Å². The zero-order chi connectivity index (χ0) is 17.6. The summed E-state index contributed by atoms with van der Waals surface area (Å²) >= 11 is 0.913. The van der Waals surface area contributed by atoms with Gasteiger partial charge in [-0.2, -0.15) is 4.31 Å². The lowest BCUT2D eigenvalue weighted by atomic mass is 10.5. The van der Waals surface area contributed by atoms with Crippen molar-refractivity contribution in [2.24, 2.45) is 0 Å². The van der Waals surface area contributed by atoms with Crippen molar-refractivity contribution in [2.45, 2.75) is 79.0 Å². The average Bonchev–Trinajstić information content (AvgIpc) is 2.21. The van der Waals surface area contributed by atoms with Crippen LogP contribution in [-0.2, 0) is 31.0 Å². The summed E-state index contributed by atoms with van der Waals surface area (Å²) in [6.07, 6.45) is -1.35. The van der Waals surface area contributed by atoms with Gasteiger partial charge in [0.25, 0.3) is 0 Å². The summed E-state index contributed by atoms with van der Waals surface area (Å²) in [4.78, 5) is 0. The maximum Gasteiger partial charge on any atom is 0.495 e. The molecule has 0 aliphatic rings. The minimum Gasteiger partial charge on any atom is -0.284 e. The highest BCUT2D eigenvalue weighted by molar-refractivity contribution is 7.98. The van der Waals surface area contributed by atoms with Crippen LogP contribution in [0.3, 0.4) is 0 Å². The van der Waals surface area contributed by atoms with Crippen molar-refractivity contribution in [3.8, 4) is 0 Å². The molecule has 0 aliphatic heterocycles. The van der Waals surface area contributed by atoms with E-state index in [1.165, 1.54) is 0 Å². The molecule has 0 saturated carbocycles. The van der Waals surface area contributed by atoms with E-state index in [2.05, 4.69) is 0 Å². The van der Waals surface area contributed by atoms with E-state index in [0.29, 0.717) is 0 Å². The molecule has 0 rings (SSSR count). The van der Waals surface area contributed by atoms with Crippen molar-refractivity contribution in [3.05, 3.63) is 0 Å². The Balaban J connectivity index is 5.25. The molecule has 22 heavy (non-hydrogen) atoms. The Kier molecular flexibility index (Phi) is 10.1. The van der Waals surface area contributed by atoms with Gasteiger partial charge in [0.15, 0.2) is 0 Å². The molecule has 0 saturated heterocycles. The average molecular weight is 378 g/mol. The summed E-state index contributed by atoms with van der Waals surface area (Å²) in [7, 11) is -8.21. The summed E-state index contributed by atoms with van der Waals surface area (Å²) in [5.74, 6) is 0. The Morgan fingerprint density at radius 3 is 1.36 bits per heavy atom. The lowest BCUT2D eigenvalue weighted by molar-refractivity contribution is 0.0858. The maximum absolute atomic E-state index is 12.7. The van der Waals surface area contributed by atoms with Gasteiger partial charge < -0.3 is 0 Å². The molecule has 0 fully saturated rings. The highest BCUT2D eigenvalue weighted by atomic mass is 32.2. The summed E-state index contributed by atoms with van der Waals surface area (Å²) in [6, 6.07) is 0. The Labute approximate surface area is 138 Å². The van der Waals surface area contributed by atoms with Gasteiger partial charge in [-0.3, -0.25) is 13.6 Å². The topological polar surface area (TPSA) is 80.3 Å². The molecular weight excluding hydrogens is 350 g/mol. The number of phosphoric acid groups is 2. The molecule has 0 aromatic rings. The Morgan fingerprint density at radius 2 is 1.05 bits per heavy atom. The van der Waals surface area contributed by atoms with Gasteiger partial charge in [0.1, 0.15) is 0 Å². The van der Waals surface area contributed by atoms with E-state index >= 15 is 0 Å². The molecule has 0 radical (unpaired) electrons. The SMILES string of the molecule is CC(C)OP(=O)(OSC(C)C)OP(=O)(OC(C)C)OC(C)C. The molecule has 0 amide bonds. The highest BCUT2D eigenvalue weighted by Crippen LogP contribution is 2.68. The lowest BCUT2D eigenvalue weighted by Crippen LogP contribution is -2.11. The summed E-state index contributed by atoms with van der Waals surface area (Å²) in [6.45, 7) is 13.7. The largest absolute Gasteiger partial charge is 0.495 e. The molecular formula is C12H28O7P2S. The van der Waals surface area contributed by atoms with Crippen LogP contribution in [0.1, 0.15) is 55.4 Å². The zero-order valence-corrected chi connectivity index (χ0v) is 17.1. The molecule has 0 N–H and O–H groups in total. The lowest BCUT2D eigenvalue weighted by Gasteiger charge is -2.26. The maximum atomic E-state index is 12.7. The first-order valence-electron chi connectivity index (χ1n) is 7.19. The second-order valence-electron chi connectivity index (χ2n) is 5.66. The van der Waals surface area contributed by atoms with Crippen LogP contribution >= 0.6 is 27.7 Å². The van der Waals surface area contributed by atoms with Crippen LogP contribution in [0.4, 0.5) is 0 Å². The zero-order valence-electron chi connectivity index (χ0n) is 14.5. The van der Waals surface area contributed by atoms with E-state index in [1.54, 1.807) is 41.5 Å². The van der Waals surface area contributed by atoms with Gasteiger partial charge in [0.05, 0.1) is 18.3 Å². The van der Waals surface area contributed by atoms with Crippen LogP contribution in [-0.4, -0.2) is 23.6 Å². The van der Waals surface area contributed by atoms with Gasteiger partial charge in [-0.1, -0.05) is 13.8 Å². The molecule has 0 heterocycles. The Hall–Kier alpha value is 0.610. The van der Waals surface area contributed by atoms with Crippen LogP contribution in [0.25, 0.3) is 0 Å². The Morgan fingerprint density at radius 1 is 0.682 bits per heavy atom. The first kappa shape index (κ1) is 22.6. The smallest absolute Gasteiger partial charge is 0.284 e. The van der Waals surface area contributed by atoms with Crippen LogP contribution in [0.5, 0.6) is 0 Å². The van der Waals surface area contributed by atoms with Crippen molar-refractivity contribution < 1.29 is 31.0 Å². The third-order valence-corrected chi connectivity index (χ3v) is 6.65. The third kappa shape index (κ3) is 10.4. The van der Waals surface area contributed by atoms with E-state index in [1.807, 2.05) is 13.8 Å². The fourth-order valence-corrected chi connectivity index (χ4v) is 5.79. The minimum absolute atomic E-state index is 0.0177. The van der Waals surface area contributed by atoms with Crippen LogP contribution in [0.2, 0.25) is 0 Å². The van der Waals surface area contributed by atoms with Gasteiger partial charge in [0, 0.05) is 17.3 Å². The first-order chi connectivity index (χ1) is 9.87. The number of phosphoric ester groups is 1. The molecule has 0 aliphatic carbocycles. The van der Waals surface area contributed by atoms with Crippen molar-refractivity contribution in [1.29, 1.82) is 0 Å². The standard InChI is InChI=1S/C12H28O7P2S/c1-9(2)15-20(13,16-10(3)4)18-21(14,17-11(5)6)19-22-12(7)8/h9-12H,1-8H3. The van der Waals surface area contributed by atoms with Crippen LogP contribution in [0, 0.1) is 0 Å². The van der Waals surface area contributed by atoms with Crippen molar-refractivity contribution in [1.82, 2.24) is 0 Å². The van der Waals surface area contributed by atoms with E-state index < -0.39 is 34.0 Å². The molecule has 0 aromatic heterocycles. The Bertz CT molecular complexity index is 398. The summed E-state index contributed by atoms with van der Waals surface area (Å²) < 4.78 is 51.2. The predicted molar refractivity (Wildman–Crippen MR) is 88.8 cm³/mol. The normalized spacial score (nSPS) is 16.0. The van der Waals surface area contributed by atoms with Crippen LogP contribution < -0.4 is 0 Å². The van der Waals surface area contributed by atoms with Gasteiger partial charge in [-0.15, -0.1) is 0 Å². The summed E-state index contributed by atoms with van der Waals surface area (Å²) in [5.41, 5.74) is 0. The van der Waals surface area contributed by atoms with Gasteiger partial charge in [0.2, 0.25) is 0 Å². The summed E-state index contributed by atoms with van der Waals surface area (Å²) in [5, 5.41) is 0.0177. The van der Waals surface area contributed by atoms with Crippen molar-refractivity contribution >= 4 is 27.7 Å². The monoisotopic (exact) mass is 378 g/mol. The van der Waals surface area contributed by atoms with E-state index in [-0.39, 0.29) is 5.25 Å². The van der Waals surface area contributed by atoms with E-state index in [0.717, 1.165) is 12.0 Å². The van der Waals surface area contributed by atoms with Gasteiger partial charge >= 0.3 is 15.6 Å². The van der Waals surface area contributed by atoms with E-state index in [4.69, 9.17) is 21.9 Å². The fourth-order valence-electron chi connectivity index (χ4n) is 1.15.